The SMILES string of the molecule is CCn1c(=O)c(=O)[nH]c2cc(C(=O)Nc3nc(-c4ccc(SC)cc4)cs3)ccc21. The smallest absolute Gasteiger partial charge is 0.316 e. The number of fused-ring (bicyclic) bond motifs is 1. The Morgan fingerprint density at radius 1 is 1.20 bits per heavy atom. The third-order valence-corrected chi connectivity index (χ3v) is 6.17. The van der Waals surface area contributed by atoms with Crippen LogP contribution in [-0.4, -0.2) is 26.7 Å². The number of hydrogen-bond acceptors (Lipinski definition) is 6. The number of thiazole rings is 1. The van der Waals surface area contributed by atoms with E-state index in [4.69, 9.17) is 0 Å². The van der Waals surface area contributed by atoms with Crippen LogP contribution in [0.5, 0.6) is 0 Å². The van der Waals surface area contributed by atoms with Gasteiger partial charge in [0.15, 0.2) is 5.13 Å². The lowest BCUT2D eigenvalue weighted by molar-refractivity contribution is 0.102. The van der Waals surface area contributed by atoms with E-state index in [-0.39, 0.29) is 5.91 Å². The molecular formula is C21H18N4O3S2. The predicted molar refractivity (Wildman–Crippen MR) is 122 cm³/mol. The van der Waals surface area contributed by atoms with Crippen LogP contribution < -0.4 is 16.4 Å². The number of hydrogen-bond donors (Lipinski definition) is 2. The van der Waals surface area contributed by atoms with E-state index < -0.39 is 11.1 Å². The summed E-state index contributed by atoms with van der Waals surface area (Å²) in [6.07, 6.45) is 2.02. The molecule has 0 bridgehead atoms. The molecular weight excluding hydrogens is 420 g/mol. The summed E-state index contributed by atoms with van der Waals surface area (Å²) in [5.41, 5.74) is 1.82. The van der Waals surface area contributed by atoms with E-state index in [9.17, 15) is 14.4 Å². The lowest BCUT2D eigenvalue weighted by Crippen LogP contribution is -2.36. The molecule has 0 radical (unpaired) electrons. The van der Waals surface area contributed by atoms with E-state index in [2.05, 4.69) is 15.3 Å². The van der Waals surface area contributed by atoms with Crippen LogP contribution >= 0.6 is 23.1 Å². The van der Waals surface area contributed by atoms with Crippen molar-refractivity contribution >= 4 is 45.2 Å². The first-order chi connectivity index (χ1) is 14.5. The highest BCUT2D eigenvalue weighted by molar-refractivity contribution is 7.98. The number of carbonyl (C=O) groups is 1. The zero-order valence-electron chi connectivity index (χ0n) is 16.3. The molecule has 0 atom stereocenters. The number of anilines is 1. The average Bonchev–Trinajstić information content (AvgIpc) is 3.23. The van der Waals surface area contributed by atoms with E-state index in [1.165, 1.54) is 20.8 Å². The van der Waals surface area contributed by atoms with Crippen molar-refractivity contribution in [1.82, 2.24) is 14.5 Å². The van der Waals surface area contributed by atoms with Gasteiger partial charge in [-0.15, -0.1) is 23.1 Å². The molecule has 2 N–H and O–H groups in total. The van der Waals surface area contributed by atoms with Crippen LogP contribution in [0.3, 0.4) is 0 Å². The Balaban J connectivity index is 1.59. The molecule has 0 spiro atoms. The minimum absolute atomic E-state index is 0.342. The molecule has 1 amide bonds. The van der Waals surface area contributed by atoms with Gasteiger partial charge < -0.3 is 9.55 Å². The second kappa shape index (κ2) is 8.29. The minimum Gasteiger partial charge on any atom is -0.316 e. The molecule has 0 aliphatic rings. The molecule has 0 saturated carbocycles. The lowest BCUT2D eigenvalue weighted by Gasteiger charge is -2.08. The first-order valence-corrected chi connectivity index (χ1v) is 11.3. The van der Waals surface area contributed by atoms with Gasteiger partial charge in [-0.2, -0.15) is 0 Å². The highest BCUT2D eigenvalue weighted by Gasteiger charge is 2.13. The van der Waals surface area contributed by atoms with Gasteiger partial charge in [-0.3, -0.25) is 19.7 Å². The van der Waals surface area contributed by atoms with Gasteiger partial charge in [-0.05, 0) is 43.5 Å². The number of thioether (sulfide) groups is 1. The summed E-state index contributed by atoms with van der Waals surface area (Å²) >= 11 is 3.01. The van der Waals surface area contributed by atoms with Crippen LogP contribution in [0.2, 0.25) is 0 Å². The van der Waals surface area contributed by atoms with Crippen molar-refractivity contribution in [3.05, 3.63) is 74.1 Å². The van der Waals surface area contributed by atoms with Crippen molar-refractivity contribution in [1.29, 1.82) is 0 Å². The Bertz CT molecular complexity index is 1350. The monoisotopic (exact) mass is 438 g/mol. The van der Waals surface area contributed by atoms with Gasteiger partial charge in [0.05, 0.1) is 16.7 Å². The molecule has 0 fully saturated rings. The molecule has 2 aromatic carbocycles. The van der Waals surface area contributed by atoms with E-state index in [1.807, 2.05) is 35.9 Å². The molecule has 0 aliphatic carbocycles. The van der Waals surface area contributed by atoms with Crippen molar-refractivity contribution in [3.8, 4) is 11.3 Å². The van der Waals surface area contributed by atoms with Crippen LogP contribution in [0, 0.1) is 0 Å². The molecule has 9 heteroatoms. The lowest BCUT2D eigenvalue weighted by atomic mass is 10.1. The number of nitrogens with zero attached hydrogens (tertiary/aromatic N) is 2. The summed E-state index contributed by atoms with van der Waals surface area (Å²) < 4.78 is 1.38. The zero-order chi connectivity index (χ0) is 21.3. The van der Waals surface area contributed by atoms with Crippen molar-refractivity contribution in [3.63, 3.8) is 0 Å². The summed E-state index contributed by atoms with van der Waals surface area (Å²) in [5.74, 6) is -0.342. The fourth-order valence-electron chi connectivity index (χ4n) is 3.13. The second-order valence-corrected chi connectivity index (χ2v) is 8.19. The topological polar surface area (TPSA) is 96.9 Å². The number of aromatic amines is 1. The van der Waals surface area contributed by atoms with Crippen LogP contribution in [-0.2, 0) is 6.54 Å². The summed E-state index contributed by atoms with van der Waals surface area (Å²) in [6.45, 7) is 2.15. The Morgan fingerprint density at radius 3 is 2.67 bits per heavy atom. The molecule has 2 aromatic heterocycles. The summed E-state index contributed by atoms with van der Waals surface area (Å²) in [5, 5.41) is 5.17. The second-order valence-electron chi connectivity index (χ2n) is 6.46. The van der Waals surface area contributed by atoms with Crippen molar-refractivity contribution < 1.29 is 4.79 Å². The third-order valence-electron chi connectivity index (χ3n) is 4.66. The zero-order valence-corrected chi connectivity index (χ0v) is 17.9. The van der Waals surface area contributed by atoms with Crippen LogP contribution in [0.25, 0.3) is 22.3 Å². The molecule has 4 aromatic rings. The van der Waals surface area contributed by atoms with Gasteiger partial charge in [-0.1, -0.05) is 12.1 Å². The minimum atomic E-state index is -0.709. The third kappa shape index (κ3) is 3.81. The first kappa shape index (κ1) is 20.1. The summed E-state index contributed by atoms with van der Waals surface area (Å²) in [6, 6.07) is 12.9. The highest BCUT2D eigenvalue weighted by atomic mass is 32.2. The maximum Gasteiger partial charge on any atom is 0.316 e. The molecule has 30 heavy (non-hydrogen) atoms. The number of nitrogens with one attached hydrogen (secondary N) is 2. The van der Waals surface area contributed by atoms with Gasteiger partial charge in [0.2, 0.25) is 0 Å². The van der Waals surface area contributed by atoms with Gasteiger partial charge in [-0.25, -0.2) is 4.98 Å². The van der Waals surface area contributed by atoms with Crippen LogP contribution in [0.4, 0.5) is 5.13 Å². The van der Waals surface area contributed by atoms with Crippen molar-refractivity contribution in [2.75, 3.05) is 11.6 Å². The molecule has 0 saturated heterocycles. The van der Waals surface area contributed by atoms with Crippen LogP contribution in [0.15, 0.2) is 62.3 Å². The molecule has 7 nitrogen and oxygen atoms in total. The number of aryl methyl sites for hydroxylation is 1. The fourth-order valence-corrected chi connectivity index (χ4v) is 4.25. The maximum absolute atomic E-state index is 12.7. The van der Waals surface area contributed by atoms with Crippen molar-refractivity contribution in [2.45, 2.75) is 18.4 Å². The van der Waals surface area contributed by atoms with E-state index in [0.717, 1.165) is 11.3 Å². The van der Waals surface area contributed by atoms with Gasteiger partial charge in [0.1, 0.15) is 0 Å². The van der Waals surface area contributed by atoms with Gasteiger partial charge in [0, 0.05) is 27.9 Å². The Morgan fingerprint density at radius 2 is 1.97 bits per heavy atom. The number of carbonyl (C=O) groups excluding carboxylic acids is 1. The number of amides is 1. The number of benzene rings is 2. The van der Waals surface area contributed by atoms with Crippen LogP contribution in [0.1, 0.15) is 17.3 Å². The summed E-state index contributed by atoms with van der Waals surface area (Å²) in [7, 11) is 0. The van der Waals surface area contributed by atoms with Crippen molar-refractivity contribution in [2.24, 2.45) is 0 Å². The Hall–Kier alpha value is -3.17. The quantitative estimate of drug-likeness (QED) is 0.365. The predicted octanol–water partition coefficient (Wildman–Crippen LogP) is 3.81. The van der Waals surface area contributed by atoms with E-state index in [0.29, 0.717) is 28.3 Å². The molecule has 0 aliphatic heterocycles. The molecule has 2 heterocycles. The Labute approximate surface area is 179 Å². The molecule has 4 rings (SSSR count). The standard InChI is InChI=1S/C21H18N4O3S2/c1-3-25-17-9-6-13(10-15(17)22-19(27)20(25)28)18(26)24-21-23-16(11-30-21)12-4-7-14(29-2)8-5-12/h4-11H,3H2,1-2H3,(H,22,27)(H,23,24,26). The largest absolute Gasteiger partial charge is 0.316 e. The molecule has 0 unspecified atom stereocenters. The maximum atomic E-state index is 12.7. The summed E-state index contributed by atoms with van der Waals surface area (Å²) in [4.78, 5) is 44.7. The molecule has 152 valence electrons. The number of aromatic nitrogens is 3. The van der Waals surface area contributed by atoms with Gasteiger partial charge >= 0.3 is 11.1 Å². The average molecular weight is 439 g/mol. The number of rotatable bonds is 5. The highest BCUT2D eigenvalue weighted by Crippen LogP contribution is 2.27. The Kier molecular flexibility index (Phi) is 5.56. The fraction of sp³-hybridized carbons (Fsp3) is 0.143. The first-order valence-electron chi connectivity index (χ1n) is 9.18. The van der Waals surface area contributed by atoms with E-state index >= 15 is 0 Å². The normalized spacial score (nSPS) is 11.0. The van der Waals surface area contributed by atoms with E-state index in [1.54, 1.807) is 36.9 Å². The number of H-pyrrole nitrogens is 1. The van der Waals surface area contributed by atoms with Gasteiger partial charge in [0.25, 0.3) is 5.91 Å².